The van der Waals surface area contributed by atoms with Crippen LogP contribution >= 0.6 is 0 Å². The second kappa shape index (κ2) is 26.4. The summed E-state index contributed by atoms with van der Waals surface area (Å²) in [4.78, 5) is 52.7. The molecule has 0 aliphatic heterocycles. The Morgan fingerprint density at radius 1 is 0.329 bits per heavy atom. The van der Waals surface area contributed by atoms with Crippen molar-refractivity contribution < 1.29 is 53.8 Å². The Hall–Kier alpha value is -9.52. The zero-order chi connectivity index (χ0) is 59.7. The second-order valence-electron chi connectivity index (χ2n) is 21.4. The van der Waals surface area contributed by atoms with Gasteiger partial charge in [0.15, 0.2) is 6.10 Å². The first-order chi connectivity index (χ1) is 41.3. The SMILES string of the molecule is Cc1c2ccccc2c(CC(=O)O)c2ccccc12.Cc1c2ccccc2c(CC(=O)OCC(COC(=O)Cc2c3ccccc3c(C)c3ccccc23)OC(=O)Cc2c3ccccc3c(C)c3ccccc23)c2ccccc12.OCC(O)CO. The van der Waals surface area contributed by atoms with E-state index in [0.717, 1.165) is 125 Å². The van der Waals surface area contributed by atoms with Gasteiger partial charge in [0, 0.05) is 0 Å². The van der Waals surface area contributed by atoms with Crippen LogP contribution in [0.15, 0.2) is 194 Å². The van der Waals surface area contributed by atoms with E-state index in [-0.39, 0.29) is 52.1 Å². The molecule has 12 aromatic rings. The Balaban J connectivity index is 0.000000265. The molecule has 0 aliphatic rings. The highest BCUT2D eigenvalue weighted by Crippen LogP contribution is 2.37. The lowest BCUT2D eigenvalue weighted by molar-refractivity contribution is -0.165. The molecule has 11 nitrogen and oxygen atoms in total. The summed E-state index contributed by atoms with van der Waals surface area (Å²) in [6.45, 7) is 7.08. The highest BCUT2D eigenvalue weighted by Gasteiger charge is 2.24. The van der Waals surface area contributed by atoms with Crippen molar-refractivity contribution in [3.8, 4) is 0 Å². The standard InChI is InChI=1S/C54H44O6.C17H14O2.C3H8O3/c1-33-37-16-4-10-22-43(37)49(44-23-11-5-17-38(33)44)28-52(55)58-31-36(60-54(57)30-51-47-26-14-8-20-41(47)35(3)42-21-9-15-27-48(42)51)32-59-53(56)29-50-45-24-12-6-18-39(45)34(2)40-19-7-13-25-46(40)50;1-11-12-6-2-4-8-14(12)16(10-17(18)19)15-9-5-3-7-13(11)15;4-1-3(6)2-5/h4-27,36H,28-32H2,1-3H3;2-9H,10H2,1H3,(H,18,19);3-6H,1-2H2. The average Bonchev–Trinajstić information content (AvgIpc) is 3.51. The monoisotopic (exact) mass is 1130 g/mol. The number of hydrogen-bond donors (Lipinski definition) is 4. The maximum Gasteiger partial charge on any atom is 0.310 e. The molecule has 4 N–H and O–H groups in total. The molecule has 0 spiro atoms. The van der Waals surface area contributed by atoms with Crippen molar-refractivity contribution in [2.45, 2.75) is 65.6 Å². The number of esters is 3. The zero-order valence-corrected chi connectivity index (χ0v) is 47.9. The maximum absolute atomic E-state index is 14.0. The highest BCUT2D eigenvalue weighted by atomic mass is 16.6. The van der Waals surface area contributed by atoms with Gasteiger partial charge in [-0.1, -0.05) is 194 Å². The van der Waals surface area contributed by atoms with Gasteiger partial charge in [-0.05, 0) is 158 Å². The largest absolute Gasteiger partial charge is 0.481 e. The van der Waals surface area contributed by atoms with E-state index in [1.807, 2.05) is 146 Å². The number of hydrogen-bond acceptors (Lipinski definition) is 10. The van der Waals surface area contributed by atoms with Gasteiger partial charge in [-0.2, -0.15) is 0 Å². The van der Waals surface area contributed by atoms with E-state index in [9.17, 15) is 19.2 Å². The van der Waals surface area contributed by atoms with Crippen molar-refractivity contribution in [1.82, 2.24) is 0 Å². The fourth-order valence-electron chi connectivity index (χ4n) is 12.0. The molecule has 0 radical (unpaired) electrons. The molecule has 0 unspecified atom stereocenters. The van der Waals surface area contributed by atoms with Gasteiger partial charge in [0.2, 0.25) is 0 Å². The first kappa shape index (κ1) is 58.7. The molecule has 0 saturated heterocycles. The van der Waals surface area contributed by atoms with Crippen LogP contribution in [0, 0.1) is 27.7 Å². The fraction of sp³-hybridized carbons (Fsp3) is 0.189. The summed E-state index contributed by atoms with van der Waals surface area (Å²) in [5, 5.41) is 49.8. The third-order valence-electron chi connectivity index (χ3n) is 16.1. The molecular weight excluding hydrogens is 1060 g/mol. The number of rotatable bonds is 15. The van der Waals surface area contributed by atoms with Crippen LogP contribution in [-0.4, -0.2) is 82.9 Å². The van der Waals surface area contributed by atoms with Crippen LogP contribution in [-0.2, 0) is 59.1 Å². The van der Waals surface area contributed by atoms with Gasteiger partial charge in [0.25, 0.3) is 0 Å². The van der Waals surface area contributed by atoms with Gasteiger partial charge in [-0.3, -0.25) is 19.2 Å². The van der Waals surface area contributed by atoms with E-state index >= 15 is 0 Å². The van der Waals surface area contributed by atoms with Crippen LogP contribution in [0.2, 0.25) is 0 Å². The van der Waals surface area contributed by atoms with Crippen molar-refractivity contribution in [3.05, 3.63) is 239 Å². The van der Waals surface area contributed by atoms with Gasteiger partial charge in [-0.25, -0.2) is 0 Å². The molecule has 85 heavy (non-hydrogen) atoms. The molecule has 0 atom stereocenters. The fourth-order valence-corrected chi connectivity index (χ4v) is 12.0. The molecular formula is C74H66O11. The van der Waals surface area contributed by atoms with Gasteiger partial charge in [0.1, 0.15) is 19.3 Å². The molecule has 0 heterocycles. The third kappa shape index (κ3) is 12.6. The topological polar surface area (TPSA) is 177 Å². The third-order valence-corrected chi connectivity index (χ3v) is 16.1. The van der Waals surface area contributed by atoms with Gasteiger partial charge >= 0.3 is 23.9 Å². The summed E-state index contributed by atoms with van der Waals surface area (Å²) >= 11 is 0. The number of carbonyl (C=O) groups excluding carboxylic acids is 3. The Labute approximate surface area is 492 Å². The van der Waals surface area contributed by atoms with E-state index < -0.39 is 36.1 Å². The predicted octanol–water partition coefficient (Wildman–Crippen LogP) is 13.8. The van der Waals surface area contributed by atoms with E-state index in [2.05, 4.69) is 76.2 Å². The first-order valence-electron chi connectivity index (χ1n) is 28.4. The smallest absolute Gasteiger partial charge is 0.310 e. The molecule has 12 aromatic carbocycles. The minimum atomic E-state index is -1.05. The lowest BCUT2D eigenvalue weighted by Gasteiger charge is -2.20. The number of fused-ring (bicyclic) bond motifs is 8. The lowest BCUT2D eigenvalue weighted by Crippen LogP contribution is -2.32. The van der Waals surface area contributed by atoms with Crippen molar-refractivity contribution in [3.63, 3.8) is 0 Å². The minimum absolute atomic E-state index is 0.0106. The summed E-state index contributed by atoms with van der Waals surface area (Å²) in [7, 11) is 0. The number of aryl methyl sites for hydroxylation is 4. The van der Waals surface area contributed by atoms with Crippen LogP contribution in [0.4, 0.5) is 0 Å². The number of carbonyl (C=O) groups is 4. The van der Waals surface area contributed by atoms with E-state index in [1.165, 1.54) is 5.56 Å². The Morgan fingerprint density at radius 2 is 0.529 bits per heavy atom. The van der Waals surface area contributed by atoms with Crippen LogP contribution in [0.3, 0.4) is 0 Å². The molecule has 428 valence electrons. The highest BCUT2D eigenvalue weighted by molar-refractivity contribution is 6.10. The Kier molecular flexibility index (Phi) is 18.2. The molecule has 0 bridgehead atoms. The number of carboxylic acid groups (broad SMARTS) is 1. The van der Waals surface area contributed by atoms with Crippen LogP contribution in [0.1, 0.15) is 44.5 Å². The zero-order valence-electron chi connectivity index (χ0n) is 47.9. The summed E-state index contributed by atoms with van der Waals surface area (Å²) < 4.78 is 17.9. The van der Waals surface area contributed by atoms with Gasteiger partial charge in [-0.15, -0.1) is 0 Å². The normalized spacial score (nSPS) is 11.4. The van der Waals surface area contributed by atoms with Gasteiger partial charge in [0.05, 0.1) is 38.9 Å². The number of aliphatic hydroxyl groups excluding tert-OH is 3. The van der Waals surface area contributed by atoms with Crippen molar-refractivity contribution >= 4 is 110 Å². The van der Waals surface area contributed by atoms with Crippen LogP contribution in [0.25, 0.3) is 86.2 Å². The second-order valence-corrected chi connectivity index (χ2v) is 21.4. The minimum Gasteiger partial charge on any atom is -0.481 e. The quantitative estimate of drug-likeness (QED) is 0.0436. The summed E-state index contributed by atoms with van der Waals surface area (Å²) in [5.74, 6) is -2.26. The number of aliphatic hydroxyl groups is 3. The molecule has 0 fully saturated rings. The predicted molar refractivity (Wildman–Crippen MR) is 339 cm³/mol. The molecule has 12 rings (SSSR count). The van der Waals surface area contributed by atoms with Gasteiger partial charge < -0.3 is 34.6 Å². The summed E-state index contributed by atoms with van der Waals surface area (Å²) in [5.41, 5.74) is 8.13. The first-order valence-corrected chi connectivity index (χ1v) is 28.4. The Morgan fingerprint density at radius 3 is 0.729 bits per heavy atom. The number of carboxylic acids is 1. The van der Waals surface area contributed by atoms with E-state index in [1.54, 1.807) is 0 Å². The van der Waals surface area contributed by atoms with Crippen LogP contribution in [0.5, 0.6) is 0 Å². The lowest BCUT2D eigenvalue weighted by atomic mass is 9.91. The van der Waals surface area contributed by atoms with E-state index in [4.69, 9.17) is 34.6 Å². The number of aliphatic carboxylic acids is 1. The van der Waals surface area contributed by atoms with Crippen LogP contribution < -0.4 is 0 Å². The van der Waals surface area contributed by atoms with Crippen molar-refractivity contribution in [1.29, 1.82) is 0 Å². The molecule has 0 aromatic heterocycles. The number of ether oxygens (including phenoxy) is 3. The number of benzene rings is 12. The Bertz CT molecular complexity index is 4130. The van der Waals surface area contributed by atoms with E-state index in [0.29, 0.717) is 0 Å². The van der Waals surface area contributed by atoms with Crippen molar-refractivity contribution in [2.75, 3.05) is 26.4 Å². The summed E-state index contributed by atoms with van der Waals surface area (Å²) in [6, 6.07) is 64.4. The summed E-state index contributed by atoms with van der Waals surface area (Å²) in [6.07, 6.45) is -1.95. The maximum atomic E-state index is 14.0. The van der Waals surface area contributed by atoms with Crippen molar-refractivity contribution in [2.24, 2.45) is 0 Å². The molecule has 0 saturated carbocycles. The molecule has 0 aliphatic carbocycles. The average molecular weight is 1130 g/mol. The molecule has 11 heteroatoms. The molecule has 0 amide bonds.